The van der Waals surface area contributed by atoms with E-state index in [-0.39, 0.29) is 5.56 Å². The van der Waals surface area contributed by atoms with E-state index in [2.05, 4.69) is 47.0 Å². The Morgan fingerprint density at radius 3 is 2.77 bits per heavy atom. The molecule has 204 valence electrons. The standard InChI is InChI=1S/C31H34N8O/c1-5-8-9-17-37(6-2)26-11-10-12-27(34-26)39-28-24(29(40)38(39)7-3)19-32-30(35-28)33-23-13-14-25-22(18-23)20-36(4)21-31(25)15-16-31/h5-6,8-14,17-19H,2,7,15-16,20-21H2,1,3-4H3,(H,32,33,35)/b8-5-,17-9-. The van der Waals surface area contributed by atoms with Crippen molar-refractivity contribution >= 4 is 28.5 Å². The number of anilines is 3. The molecule has 1 spiro atoms. The number of fused-ring (bicyclic) bond motifs is 3. The summed E-state index contributed by atoms with van der Waals surface area (Å²) in [5, 5.41) is 3.82. The third-order valence-electron chi connectivity index (χ3n) is 7.72. The zero-order valence-corrected chi connectivity index (χ0v) is 23.2. The van der Waals surface area contributed by atoms with Crippen molar-refractivity contribution in [3.05, 3.63) is 101 Å². The number of nitrogens with one attached hydrogen (secondary N) is 1. The molecule has 3 aromatic heterocycles. The van der Waals surface area contributed by atoms with E-state index in [1.54, 1.807) is 21.8 Å². The molecule has 4 heterocycles. The average molecular weight is 535 g/mol. The molecule has 0 saturated heterocycles. The van der Waals surface area contributed by atoms with E-state index in [1.807, 2.05) is 61.4 Å². The summed E-state index contributed by atoms with van der Waals surface area (Å²) < 4.78 is 3.40. The summed E-state index contributed by atoms with van der Waals surface area (Å²) in [5.41, 5.74) is 4.43. The number of nitrogens with zero attached hydrogens (tertiary/aromatic N) is 7. The molecule has 0 atom stereocenters. The Morgan fingerprint density at radius 2 is 2.02 bits per heavy atom. The molecule has 6 rings (SSSR count). The van der Waals surface area contributed by atoms with Gasteiger partial charge in [0.25, 0.3) is 5.56 Å². The molecule has 1 aliphatic heterocycles. The molecular formula is C31H34N8O. The largest absolute Gasteiger partial charge is 0.324 e. The first-order chi connectivity index (χ1) is 19.5. The summed E-state index contributed by atoms with van der Waals surface area (Å²) >= 11 is 0. The number of allylic oxidation sites excluding steroid dienone is 3. The van der Waals surface area contributed by atoms with Gasteiger partial charge in [-0.1, -0.05) is 30.9 Å². The van der Waals surface area contributed by atoms with Crippen LogP contribution in [0.15, 0.2) is 84.6 Å². The molecule has 1 aliphatic carbocycles. The van der Waals surface area contributed by atoms with Crippen molar-refractivity contribution in [2.75, 3.05) is 23.8 Å². The predicted octanol–water partition coefficient (Wildman–Crippen LogP) is 5.26. The lowest BCUT2D eigenvalue weighted by Gasteiger charge is -2.32. The van der Waals surface area contributed by atoms with Crippen molar-refractivity contribution in [3.8, 4) is 5.82 Å². The second kappa shape index (κ2) is 10.2. The number of hydrogen-bond donors (Lipinski definition) is 1. The van der Waals surface area contributed by atoms with E-state index in [0.717, 1.165) is 18.8 Å². The van der Waals surface area contributed by atoms with E-state index in [4.69, 9.17) is 9.97 Å². The molecule has 0 amide bonds. The van der Waals surface area contributed by atoms with Gasteiger partial charge < -0.3 is 15.1 Å². The molecule has 9 heteroatoms. The van der Waals surface area contributed by atoms with Gasteiger partial charge in [-0.25, -0.2) is 19.3 Å². The second-order valence-electron chi connectivity index (χ2n) is 10.5. The van der Waals surface area contributed by atoms with Gasteiger partial charge in [-0.05, 0) is 75.2 Å². The van der Waals surface area contributed by atoms with Crippen LogP contribution in [0.2, 0.25) is 0 Å². The first-order valence-corrected chi connectivity index (χ1v) is 13.7. The minimum Gasteiger partial charge on any atom is -0.324 e. The van der Waals surface area contributed by atoms with Gasteiger partial charge in [0.2, 0.25) is 5.95 Å². The highest BCUT2D eigenvalue weighted by atomic mass is 16.1. The summed E-state index contributed by atoms with van der Waals surface area (Å²) in [6.07, 6.45) is 13.5. The highest BCUT2D eigenvalue weighted by Crippen LogP contribution is 2.52. The molecular weight excluding hydrogens is 500 g/mol. The molecule has 1 fully saturated rings. The van der Waals surface area contributed by atoms with Crippen LogP contribution in [0, 0.1) is 0 Å². The fraction of sp³-hybridized carbons (Fsp3) is 0.290. The molecule has 0 bridgehead atoms. The molecule has 40 heavy (non-hydrogen) atoms. The molecule has 0 unspecified atom stereocenters. The Bertz CT molecular complexity index is 1710. The smallest absolute Gasteiger partial charge is 0.278 e. The normalized spacial score (nSPS) is 16.2. The Kier molecular flexibility index (Phi) is 6.59. The summed E-state index contributed by atoms with van der Waals surface area (Å²) in [7, 11) is 2.19. The van der Waals surface area contributed by atoms with Crippen molar-refractivity contribution in [1.29, 1.82) is 0 Å². The lowest BCUT2D eigenvalue weighted by atomic mass is 9.87. The number of hydrogen-bond acceptors (Lipinski definition) is 7. The van der Waals surface area contributed by atoms with Gasteiger partial charge in [0.05, 0.1) is 0 Å². The maximum atomic E-state index is 13.3. The maximum absolute atomic E-state index is 13.3. The minimum atomic E-state index is -0.156. The average Bonchev–Trinajstić information content (AvgIpc) is 3.66. The van der Waals surface area contributed by atoms with Crippen LogP contribution in [0.1, 0.15) is 37.8 Å². The van der Waals surface area contributed by atoms with Gasteiger partial charge in [-0.2, -0.15) is 4.98 Å². The molecule has 1 N–H and O–H groups in total. The van der Waals surface area contributed by atoms with Crippen LogP contribution in [-0.2, 0) is 18.5 Å². The van der Waals surface area contributed by atoms with Crippen LogP contribution in [0.25, 0.3) is 16.9 Å². The first kappa shape index (κ1) is 25.8. The topological polar surface area (TPSA) is 84.1 Å². The van der Waals surface area contributed by atoms with Crippen molar-refractivity contribution in [2.45, 2.75) is 45.2 Å². The highest BCUT2D eigenvalue weighted by Gasteiger charge is 2.48. The minimum absolute atomic E-state index is 0.156. The van der Waals surface area contributed by atoms with Crippen molar-refractivity contribution in [2.24, 2.45) is 0 Å². The van der Waals surface area contributed by atoms with Crippen LogP contribution in [0.5, 0.6) is 0 Å². The molecule has 2 aliphatic rings. The van der Waals surface area contributed by atoms with Gasteiger partial charge >= 0.3 is 0 Å². The number of rotatable bonds is 8. The van der Waals surface area contributed by atoms with Gasteiger partial charge in [0.15, 0.2) is 11.5 Å². The molecule has 4 aromatic rings. The van der Waals surface area contributed by atoms with E-state index in [9.17, 15) is 4.79 Å². The van der Waals surface area contributed by atoms with Crippen molar-refractivity contribution < 1.29 is 0 Å². The van der Waals surface area contributed by atoms with E-state index < -0.39 is 0 Å². The molecule has 9 nitrogen and oxygen atoms in total. The molecule has 1 aromatic carbocycles. The van der Waals surface area contributed by atoms with E-state index >= 15 is 0 Å². The third kappa shape index (κ3) is 4.52. The van der Waals surface area contributed by atoms with Gasteiger partial charge in [0.1, 0.15) is 11.2 Å². The lowest BCUT2D eigenvalue weighted by Crippen LogP contribution is -2.35. The number of benzene rings is 1. The molecule has 0 radical (unpaired) electrons. The first-order valence-electron chi connectivity index (χ1n) is 13.7. The summed E-state index contributed by atoms with van der Waals surface area (Å²) in [6.45, 7) is 10.3. The fourth-order valence-electron chi connectivity index (χ4n) is 5.74. The van der Waals surface area contributed by atoms with Crippen LogP contribution < -0.4 is 15.8 Å². The zero-order valence-electron chi connectivity index (χ0n) is 23.2. The lowest BCUT2D eigenvalue weighted by molar-refractivity contribution is 0.271. The van der Waals surface area contributed by atoms with E-state index in [0.29, 0.717) is 40.6 Å². The van der Waals surface area contributed by atoms with Gasteiger partial charge in [-0.15, -0.1) is 0 Å². The van der Waals surface area contributed by atoms with Crippen molar-refractivity contribution in [1.82, 2.24) is 29.2 Å². The number of pyridine rings is 1. The Hall–Kier alpha value is -4.50. The van der Waals surface area contributed by atoms with Crippen LogP contribution >= 0.6 is 0 Å². The van der Waals surface area contributed by atoms with Crippen molar-refractivity contribution in [3.63, 3.8) is 0 Å². The Labute approximate surface area is 233 Å². The second-order valence-corrected chi connectivity index (χ2v) is 10.5. The monoisotopic (exact) mass is 534 g/mol. The summed E-state index contributed by atoms with van der Waals surface area (Å²) in [5.74, 6) is 1.68. The quantitative estimate of drug-likeness (QED) is 0.309. The fourth-order valence-corrected chi connectivity index (χ4v) is 5.74. The summed E-state index contributed by atoms with van der Waals surface area (Å²) in [4.78, 5) is 31.7. The zero-order chi connectivity index (χ0) is 27.9. The van der Waals surface area contributed by atoms with Crippen LogP contribution in [0.3, 0.4) is 0 Å². The van der Waals surface area contributed by atoms with Crippen LogP contribution in [0.4, 0.5) is 17.5 Å². The predicted molar refractivity (Wildman–Crippen MR) is 160 cm³/mol. The third-order valence-corrected chi connectivity index (χ3v) is 7.72. The van der Waals surface area contributed by atoms with Gasteiger partial charge in [0, 0.05) is 49.3 Å². The Morgan fingerprint density at radius 1 is 1.18 bits per heavy atom. The highest BCUT2D eigenvalue weighted by molar-refractivity contribution is 5.77. The number of likely N-dealkylation sites (N-methyl/N-ethyl adjacent to an activating group) is 1. The molecule has 1 saturated carbocycles. The maximum Gasteiger partial charge on any atom is 0.278 e. The number of aromatic nitrogens is 5. The van der Waals surface area contributed by atoms with Crippen LogP contribution in [-0.4, -0.2) is 42.8 Å². The summed E-state index contributed by atoms with van der Waals surface area (Å²) in [6, 6.07) is 12.2. The van der Waals surface area contributed by atoms with E-state index in [1.165, 1.54) is 24.0 Å². The van der Waals surface area contributed by atoms with Gasteiger partial charge in [-0.3, -0.25) is 4.79 Å². The Balaban J connectivity index is 1.38. The SMILES string of the molecule is C=CN(/C=C\C=C/C)c1cccc(-n2c3nc(Nc4ccc5c(c4)CN(C)CC54CC4)ncc3c(=O)n2CC)n1.